The van der Waals surface area contributed by atoms with Crippen molar-refractivity contribution in [2.24, 2.45) is 0 Å². The Kier molecular flexibility index (Phi) is 6.30. The van der Waals surface area contributed by atoms with Crippen molar-refractivity contribution in [3.63, 3.8) is 0 Å². The zero-order chi connectivity index (χ0) is 19.8. The summed E-state index contributed by atoms with van der Waals surface area (Å²) in [5.41, 5.74) is 2.63. The number of carbonyl (C=O) groups excluding carboxylic acids is 2. The summed E-state index contributed by atoms with van der Waals surface area (Å²) < 4.78 is 0. The SMILES string of the molecule is CC(=O)Nc1cccc(NC(=O)c2ccnc(NCCc3ccccc3)n2)c1. The molecule has 1 heterocycles. The van der Waals surface area contributed by atoms with Crippen molar-refractivity contribution >= 4 is 29.1 Å². The molecule has 0 fully saturated rings. The molecular formula is C21H21N5O2. The summed E-state index contributed by atoms with van der Waals surface area (Å²) in [6.45, 7) is 2.09. The Morgan fingerprint density at radius 3 is 2.43 bits per heavy atom. The second kappa shape index (κ2) is 9.27. The van der Waals surface area contributed by atoms with Crippen LogP contribution in [0.25, 0.3) is 0 Å². The first-order valence-electron chi connectivity index (χ1n) is 8.90. The fraction of sp³-hybridized carbons (Fsp3) is 0.143. The van der Waals surface area contributed by atoms with E-state index in [1.54, 1.807) is 36.5 Å². The Labute approximate surface area is 163 Å². The van der Waals surface area contributed by atoms with Crippen LogP contribution < -0.4 is 16.0 Å². The van der Waals surface area contributed by atoms with Crippen LogP contribution in [0.3, 0.4) is 0 Å². The van der Waals surface area contributed by atoms with Crippen molar-refractivity contribution in [1.29, 1.82) is 0 Å². The van der Waals surface area contributed by atoms with Crippen LogP contribution in [0, 0.1) is 0 Å². The third-order valence-corrected chi connectivity index (χ3v) is 3.87. The van der Waals surface area contributed by atoms with E-state index < -0.39 is 0 Å². The molecule has 2 aromatic carbocycles. The number of hydrogen-bond acceptors (Lipinski definition) is 5. The molecule has 0 spiro atoms. The topological polar surface area (TPSA) is 96.0 Å². The Morgan fingerprint density at radius 2 is 1.68 bits per heavy atom. The average molecular weight is 375 g/mol. The molecular weight excluding hydrogens is 354 g/mol. The summed E-state index contributed by atoms with van der Waals surface area (Å²) in [4.78, 5) is 32.1. The van der Waals surface area contributed by atoms with Gasteiger partial charge in [-0.2, -0.15) is 0 Å². The Morgan fingerprint density at radius 1 is 0.929 bits per heavy atom. The van der Waals surface area contributed by atoms with Crippen LogP contribution in [0.15, 0.2) is 66.9 Å². The van der Waals surface area contributed by atoms with Gasteiger partial charge >= 0.3 is 0 Å². The van der Waals surface area contributed by atoms with Crippen LogP contribution >= 0.6 is 0 Å². The van der Waals surface area contributed by atoms with Crippen molar-refractivity contribution in [2.45, 2.75) is 13.3 Å². The van der Waals surface area contributed by atoms with Gasteiger partial charge in [-0.1, -0.05) is 36.4 Å². The van der Waals surface area contributed by atoms with Gasteiger partial charge in [0.1, 0.15) is 5.69 Å². The minimum atomic E-state index is -0.353. The normalized spacial score (nSPS) is 10.2. The number of anilines is 3. The summed E-state index contributed by atoms with van der Waals surface area (Å²) >= 11 is 0. The Balaban J connectivity index is 1.60. The van der Waals surface area contributed by atoms with Crippen LogP contribution in [0.4, 0.5) is 17.3 Å². The maximum atomic E-state index is 12.5. The first kappa shape index (κ1) is 19.0. The number of aromatic nitrogens is 2. The highest BCUT2D eigenvalue weighted by Crippen LogP contribution is 2.16. The minimum absolute atomic E-state index is 0.175. The fourth-order valence-electron chi connectivity index (χ4n) is 2.61. The molecule has 0 aliphatic carbocycles. The molecule has 3 N–H and O–H groups in total. The van der Waals surface area contributed by atoms with Crippen molar-refractivity contribution in [1.82, 2.24) is 9.97 Å². The first-order valence-corrected chi connectivity index (χ1v) is 8.90. The molecule has 0 aliphatic rings. The van der Waals surface area contributed by atoms with Crippen molar-refractivity contribution < 1.29 is 9.59 Å². The molecule has 0 unspecified atom stereocenters. The summed E-state index contributed by atoms with van der Waals surface area (Å²) in [6, 6.07) is 18.6. The molecule has 28 heavy (non-hydrogen) atoms. The average Bonchev–Trinajstić information content (AvgIpc) is 2.69. The number of rotatable bonds is 7. The smallest absolute Gasteiger partial charge is 0.274 e. The zero-order valence-corrected chi connectivity index (χ0v) is 15.5. The Bertz CT molecular complexity index is 960. The van der Waals surface area contributed by atoms with Gasteiger partial charge in [-0.25, -0.2) is 9.97 Å². The molecule has 3 aromatic rings. The lowest BCUT2D eigenvalue weighted by Crippen LogP contribution is -2.16. The van der Waals surface area contributed by atoms with E-state index in [1.165, 1.54) is 12.5 Å². The van der Waals surface area contributed by atoms with E-state index in [9.17, 15) is 9.59 Å². The molecule has 3 rings (SSSR count). The quantitative estimate of drug-likeness (QED) is 0.589. The van der Waals surface area contributed by atoms with Crippen LogP contribution in [0.5, 0.6) is 0 Å². The maximum Gasteiger partial charge on any atom is 0.274 e. The number of hydrogen-bond donors (Lipinski definition) is 3. The van der Waals surface area contributed by atoms with E-state index in [0.717, 1.165) is 6.42 Å². The van der Waals surface area contributed by atoms with Gasteiger partial charge in [-0.05, 0) is 36.2 Å². The van der Waals surface area contributed by atoms with Crippen LogP contribution in [-0.4, -0.2) is 28.3 Å². The van der Waals surface area contributed by atoms with Crippen LogP contribution in [0.1, 0.15) is 23.0 Å². The largest absolute Gasteiger partial charge is 0.354 e. The number of carbonyl (C=O) groups is 2. The van der Waals surface area contributed by atoms with Gasteiger partial charge < -0.3 is 16.0 Å². The van der Waals surface area contributed by atoms with E-state index in [1.807, 2.05) is 18.2 Å². The van der Waals surface area contributed by atoms with E-state index in [-0.39, 0.29) is 17.5 Å². The molecule has 0 atom stereocenters. The molecule has 0 radical (unpaired) electrons. The van der Waals surface area contributed by atoms with Gasteiger partial charge in [-0.15, -0.1) is 0 Å². The third-order valence-electron chi connectivity index (χ3n) is 3.87. The van der Waals surface area contributed by atoms with Gasteiger partial charge in [0.15, 0.2) is 0 Å². The lowest BCUT2D eigenvalue weighted by atomic mass is 10.1. The van der Waals surface area contributed by atoms with E-state index in [4.69, 9.17) is 0 Å². The molecule has 7 nitrogen and oxygen atoms in total. The summed E-state index contributed by atoms with van der Waals surface area (Å²) in [5, 5.41) is 8.58. The van der Waals surface area contributed by atoms with Crippen molar-refractivity contribution in [2.75, 3.05) is 22.5 Å². The lowest BCUT2D eigenvalue weighted by Gasteiger charge is -2.09. The highest BCUT2D eigenvalue weighted by molar-refractivity contribution is 6.03. The van der Waals surface area contributed by atoms with Gasteiger partial charge in [0.05, 0.1) is 0 Å². The molecule has 142 valence electrons. The molecule has 0 aliphatic heterocycles. The van der Waals surface area contributed by atoms with Gasteiger partial charge in [0.25, 0.3) is 5.91 Å². The summed E-state index contributed by atoms with van der Waals surface area (Å²) in [6.07, 6.45) is 2.37. The molecule has 0 saturated heterocycles. The van der Waals surface area contributed by atoms with E-state index in [2.05, 4.69) is 38.1 Å². The number of nitrogens with one attached hydrogen (secondary N) is 3. The fourth-order valence-corrected chi connectivity index (χ4v) is 2.61. The van der Waals surface area contributed by atoms with Gasteiger partial charge in [-0.3, -0.25) is 9.59 Å². The standard InChI is InChI=1S/C21H21N5O2/c1-15(27)24-17-8-5-9-18(14-17)25-20(28)19-11-13-23-21(26-19)22-12-10-16-6-3-2-4-7-16/h2-9,11,13-14H,10,12H2,1H3,(H,24,27)(H,25,28)(H,22,23,26). The number of benzene rings is 2. The van der Waals surface area contributed by atoms with Crippen molar-refractivity contribution in [3.8, 4) is 0 Å². The van der Waals surface area contributed by atoms with Crippen molar-refractivity contribution in [3.05, 3.63) is 78.1 Å². The predicted octanol–water partition coefficient (Wildman–Crippen LogP) is 3.34. The second-order valence-corrected chi connectivity index (χ2v) is 6.14. The highest BCUT2D eigenvalue weighted by atomic mass is 16.2. The summed E-state index contributed by atoms with van der Waals surface area (Å²) in [7, 11) is 0. The second-order valence-electron chi connectivity index (χ2n) is 6.14. The first-order chi connectivity index (χ1) is 13.6. The molecule has 0 saturated carbocycles. The van der Waals surface area contributed by atoms with Crippen LogP contribution in [-0.2, 0) is 11.2 Å². The monoisotopic (exact) mass is 375 g/mol. The minimum Gasteiger partial charge on any atom is -0.354 e. The van der Waals surface area contributed by atoms with E-state index in [0.29, 0.717) is 23.9 Å². The van der Waals surface area contributed by atoms with Crippen LogP contribution in [0.2, 0.25) is 0 Å². The molecule has 2 amide bonds. The predicted molar refractivity (Wildman–Crippen MR) is 109 cm³/mol. The van der Waals surface area contributed by atoms with Gasteiger partial charge in [0.2, 0.25) is 11.9 Å². The van der Waals surface area contributed by atoms with Gasteiger partial charge in [0, 0.05) is 31.0 Å². The number of amides is 2. The highest BCUT2D eigenvalue weighted by Gasteiger charge is 2.10. The number of nitrogens with zero attached hydrogens (tertiary/aromatic N) is 2. The lowest BCUT2D eigenvalue weighted by molar-refractivity contribution is -0.114. The third kappa shape index (κ3) is 5.63. The van der Waals surface area contributed by atoms with E-state index >= 15 is 0 Å². The molecule has 1 aromatic heterocycles. The summed E-state index contributed by atoms with van der Waals surface area (Å²) in [5.74, 6) is -0.130. The molecule has 0 bridgehead atoms. The molecule has 7 heteroatoms. The maximum absolute atomic E-state index is 12.5. The zero-order valence-electron chi connectivity index (χ0n) is 15.5. The Hall–Kier alpha value is -3.74.